The molecule has 0 radical (unpaired) electrons. The van der Waals surface area contributed by atoms with Crippen LogP contribution < -0.4 is 15.5 Å². The predicted octanol–water partition coefficient (Wildman–Crippen LogP) is 3.26. The van der Waals surface area contributed by atoms with Gasteiger partial charge in [-0.05, 0) is 61.6 Å². The number of carbonyl (C=O) groups is 3. The number of rotatable bonds is 4. The van der Waals surface area contributed by atoms with Crippen molar-refractivity contribution in [1.29, 1.82) is 0 Å². The summed E-state index contributed by atoms with van der Waals surface area (Å²) in [5.74, 6) is 0.127. The Hall–Kier alpha value is -3.49. The van der Waals surface area contributed by atoms with Gasteiger partial charge in [0.2, 0.25) is 17.7 Å². The van der Waals surface area contributed by atoms with Crippen LogP contribution in [0.5, 0.6) is 0 Å². The van der Waals surface area contributed by atoms with Crippen LogP contribution in [0.15, 0.2) is 66.7 Å². The minimum absolute atomic E-state index is 0.0207. The Labute approximate surface area is 248 Å². The van der Waals surface area contributed by atoms with Crippen molar-refractivity contribution in [3.63, 3.8) is 0 Å². The summed E-state index contributed by atoms with van der Waals surface area (Å²) < 4.78 is 5.61. The molecule has 0 saturated carbocycles. The number of ether oxygens (including phenoxy) is 1. The number of allylic oxidation sites excluding steroid dienone is 2. The molecule has 8 nitrogen and oxygen atoms in total. The first-order chi connectivity index (χ1) is 20.5. The largest absolute Gasteiger partial charge is 0.381 e. The Morgan fingerprint density at radius 2 is 1.74 bits per heavy atom. The van der Waals surface area contributed by atoms with Gasteiger partial charge in [-0.2, -0.15) is 0 Å². The first-order valence-electron chi connectivity index (χ1n) is 15.5. The summed E-state index contributed by atoms with van der Waals surface area (Å²) >= 11 is 0. The fraction of sp³-hybridized carbons (Fsp3) is 0.500. The normalized spacial score (nSPS) is 27.1. The lowest BCUT2D eigenvalue weighted by Crippen LogP contribution is -2.58. The number of piperidine rings is 1. The van der Waals surface area contributed by atoms with E-state index in [2.05, 4.69) is 33.8 Å². The van der Waals surface area contributed by atoms with Crippen molar-refractivity contribution >= 4 is 23.4 Å². The Kier molecular flexibility index (Phi) is 8.72. The highest BCUT2D eigenvalue weighted by Gasteiger charge is 2.41. The van der Waals surface area contributed by atoms with E-state index in [1.807, 2.05) is 53.4 Å². The minimum Gasteiger partial charge on any atom is -0.381 e. The van der Waals surface area contributed by atoms with E-state index in [0.29, 0.717) is 45.4 Å². The molecule has 4 aliphatic heterocycles. The molecule has 2 aromatic rings. The van der Waals surface area contributed by atoms with Gasteiger partial charge in [-0.3, -0.25) is 19.3 Å². The Morgan fingerprint density at radius 1 is 0.952 bits per heavy atom. The molecule has 6 rings (SSSR count). The molecule has 0 aliphatic carbocycles. The molecule has 2 N–H and O–H groups in total. The fourth-order valence-corrected chi connectivity index (χ4v) is 7.07. The first-order valence-corrected chi connectivity index (χ1v) is 15.5. The highest BCUT2D eigenvalue weighted by atomic mass is 16.5. The number of benzene rings is 2. The predicted molar refractivity (Wildman–Crippen MR) is 162 cm³/mol. The van der Waals surface area contributed by atoms with E-state index in [-0.39, 0.29) is 29.7 Å². The SMILES string of the molecule is O=C1N[C@@H]2CCN(CC(=O)N3CCc4ccccc43)C[C@@H]2C/C=C/CC2(CCOCC2)C(=O)N[C@@H]1Cc1ccccc1. The molecule has 2 saturated heterocycles. The van der Waals surface area contributed by atoms with Crippen LogP contribution in [-0.2, 0) is 32.0 Å². The molecule has 4 heterocycles. The van der Waals surface area contributed by atoms with Crippen molar-refractivity contribution in [2.24, 2.45) is 11.3 Å². The monoisotopic (exact) mass is 570 g/mol. The molecule has 42 heavy (non-hydrogen) atoms. The molecular formula is C34H42N4O4. The van der Waals surface area contributed by atoms with Gasteiger partial charge in [-0.25, -0.2) is 0 Å². The average Bonchev–Trinajstić information content (AvgIpc) is 3.45. The highest BCUT2D eigenvalue weighted by molar-refractivity contribution is 5.96. The number of para-hydroxylation sites is 1. The number of nitrogens with one attached hydrogen (secondary N) is 2. The van der Waals surface area contributed by atoms with Gasteiger partial charge in [0, 0.05) is 51.0 Å². The van der Waals surface area contributed by atoms with Crippen molar-refractivity contribution in [1.82, 2.24) is 15.5 Å². The van der Waals surface area contributed by atoms with Crippen LogP contribution >= 0.6 is 0 Å². The van der Waals surface area contributed by atoms with Gasteiger partial charge >= 0.3 is 0 Å². The van der Waals surface area contributed by atoms with E-state index in [0.717, 1.165) is 50.1 Å². The van der Waals surface area contributed by atoms with E-state index in [4.69, 9.17) is 4.74 Å². The van der Waals surface area contributed by atoms with E-state index in [1.165, 1.54) is 5.56 Å². The van der Waals surface area contributed by atoms with Crippen LogP contribution in [0, 0.1) is 11.3 Å². The molecule has 3 atom stereocenters. The van der Waals surface area contributed by atoms with Crippen LogP contribution in [0.2, 0.25) is 0 Å². The maximum Gasteiger partial charge on any atom is 0.243 e. The van der Waals surface area contributed by atoms with Gasteiger partial charge < -0.3 is 20.3 Å². The zero-order chi connectivity index (χ0) is 28.9. The van der Waals surface area contributed by atoms with Crippen molar-refractivity contribution in [3.05, 3.63) is 77.9 Å². The van der Waals surface area contributed by atoms with Crippen LogP contribution in [-0.4, -0.2) is 74.1 Å². The Balaban J connectivity index is 1.19. The fourth-order valence-electron chi connectivity index (χ4n) is 7.07. The van der Waals surface area contributed by atoms with Crippen LogP contribution in [0.25, 0.3) is 0 Å². The maximum absolute atomic E-state index is 13.8. The number of hydrogen-bond acceptors (Lipinski definition) is 5. The molecular weight excluding hydrogens is 528 g/mol. The number of hydrogen-bond donors (Lipinski definition) is 2. The summed E-state index contributed by atoms with van der Waals surface area (Å²) in [7, 11) is 0. The molecule has 2 aromatic carbocycles. The van der Waals surface area contributed by atoms with Crippen LogP contribution in [0.3, 0.4) is 0 Å². The lowest BCUT2D eigenvalue weighted by Gasteiger charge is -2.40. The molecule has 1 spiro atoms. The summed E-state index contributed by atoms with van der Waals surface area (Å²) in [5.41, 5.74) is 2.71. The van der Waals surface area contributed by atoms with E-state index < -0.39 is 11.5 Å². The highest BCUT2D eigenvalue weighted by Crippen LogP contribution is 2.36. The van der Waals surface area contributed by atoms with Crippen LogP contribution in [0.1, 0.15) is 43.2 Å². The third-order valence-electron chi connectivity index (χ3n) is 9.64. The van der Waals surface area contributed by atoms with Gasteiger partial charge in [0.05, 0.1) is 12.0 Å². The summed E-state index contributed by atoms with van der Waals surface area (Å²) in [5, 5.41) is 6.49. The molecule has 4 aliphatic rings. The van der Waals surface area contributed by atoms with Crippen molar-refractivity contribution in [3.8, 4) is 0 Å². The van der Waals surface area contributed by atoms with Gasteiger partial charge in [0.25, 0.3) is 0 Å². The second-order valence-electron chi connectivity index (χ2n) is 12.3. The maximum atomic E-state index is 13.8. The zero-order valence-electron chi connectivity index (χ0n) is 24.3. The van der Waals surface area contributed by atoms with E-state index in [9.17, 15) is 14.4 Å². The van der Waals surface area contributed by atoms with Crippen molar-refractivity contribution < 1.29 is 19.1 Å². The van der Waals surface area contributed by atoms with Crippen molar-refractivity contribution in [2.45, 2.75) is 57.0 Å². The third kappa shape index (κ3) is 6.30. The molecule has 0 bridgehead atoms. The Bertz CT molecular complexity index is 1310. The second-order valence-corrected chi connectivity index (χ2v) is 12.3. The smallest absolute Gasteiger partial charge is 0.243 e. The third-order valence-corrected chi connectivity index (χ3v) is 9.64. The second kappa shape index (κ2) is 12.8. The molecule has 3 amide bonds. The number of amides is 3. The quantitative estimate of drug-likeness (QED) is 0.551. The summed E-state index contributed by atoms with van der Waals surface area (Å²) in [6, 6.07) is 17.4. The number of fused-ring (bicyclic) bond motifs is 2. The minimum atomic E-state index is -0.654. The number of carbonyl (C=O) groups excluding carboxylic acids is 3. The summed E-state index contributed by atoms with van der Waals surface area (Å²) in [6.45, 7) is 3.69. The summed E-state index contributed by atoms with van der Waals surface area (Å²) in [4.78, 5) is 45.1. The van der Waals surface area contributed by atoms with Gasteiger partial charge in [-0.15, -0.1) is 0 Å². The number of likely N-dealkylation sites (tertiary alicyclic amines) is 1. The molecule has 2 fully saturated rings. The molecule has 0 aromatic heterocycles. The lowest BCUT2D eigenvalue weighted by atomic mass is 9.75. The molecule has 0 unspecified atom stereocenters. The molecule has 222 valence electrons. The zero-order valence-corrected chi connectivity index (χ0v) is 24.3. The average molecular weight is 571 g/mol. The molecule has 8 heteroatoms. The van der Waals surface area contributed by atoms with Crippen molar-refractivity contribution in [2.75, 3.05) is 44.3 Å². The van der Waals surface area contributed by atoms with Gasteiger partial charge in [-0.1, -0.05) is 60.7 Å². The van der Waals surface area contributed by atoms with Crippen LogP contribution in [0.4, 0.5) is 5.69 Å². The first kappa shape index (κ1) is 28.6. The standard InChI is InChI=1S/C34H42N4O4/c39-31(38-19-13-26-10-4-5-12-30(26)38)24-37-18-14-28-27(23-37)11-6-7-15-34(16-20-42-21-17-34)33(41)36-29(32(40)35-28)22-25-8-2-1-3-9-25/h1-10,12,27-29H,11,13-24H2,(H,35,40)(H,36,41)/b7-6+/t27-,28+,29+/m0/s1. The summed E-state index contributed by atoms with van der Waals surface area (Å²) in [6.07, 6.45) is 9.15. The van der Waals surface area contributed by atoms with E-state index >= 15 is 0 Å². The van der Waals surface area contributed by atoms with Gasteiger partial charge in [0.15, 0.2) is 0 Å². The number of nitrogens with zero attached hydrogens (tertiary/aromatic N) is 2. The topological polar surface area (TPSA) is 91.0 Å². The Morgan fingerprint density at radius 3 is 2.57 bits per heavy atom. The van der Waals surface area contributed by atoms with Gasteiger partial charge in [0.1, 0.15) is 6.04 Å². The number of anilines is 1. The lowest BCUT2D eigenvalue weighted by molar-refractivity contribution is -0.140. The van der Waals surface area contributed by atoms with E-state index in [1.54, 1.807) is 0 Å².